The highest BCUT2D eigenvalue weighted by Gasteiger charge is 2.36. The van der Waals surface area contributed by atoms with Gasteiger partial charge in [0.2, 0.25) is 5.91 Å². The summed E-state index contributed by atoms with van der Waals surface area (Å²) in [6.45, 7) is 2.64. The number of nitrogens with two attached hydrogens (primary N) is 1. The van der Waals surface area contributed by atoms with E-state index in [0.717, 1.165) is 32.1 Å². The molecule has 4 N–H and O–H groups in total. The third-order valence-corrected chi connectivity index (χ3v) is 3.87. The molecule has 5 nitrogen and oxygen atoms in total. The third kappa shape index (κ3) is 3.82. The van der Waals surface area contributed by atoms with E-state index >= 15 is 0 Å². The van der Waals surface area contributed by atoms with Gasteiger partial charge < -0.3 is 16.4 Å². The fraction of sp³-hybridized carbons (Fsp3) is 0.500. The Hall–Kier alpha value is -1.88. The second-order valence-electron chi connectivity index (χ2n) is 5.65. The molecule has 2 rings (SSSR count). The van der Waals surface area contributed by atoms with Crippen molar-refractivity contribution in [2.24, 2.45) is 5.73 Å². The van der Waals surface area contributed by atoms with E-state index in [1.807, 2.05) is 6.92 Å². The van der Waals surface area contributed by atoms with E-state index in [9.17, 15) is 9.59 Å². The first-order valence-corrected chi connectivity index (χ1v) is 7.54. The van der Waals surface area contributed by atoms with Crippen LogP contribution in [0.5, 0.6) is 0 Å². The molecule has 0 heterocycles. The summed E-state index contributed by atoms with van der Waals surface area (Å²) < 4.78 is 0. The van der Waals surface area contributed by atoms with Crippen LogP contribution in [0.1, 0.15) is 49.4 Å². The molecule has 0 atom stereocenters. The molecule has 0 spiro atoms. The molecule has 5 heteroatoms. The Morgan fingerprint density at radius 2 is 2.00 bits per heavy atom. The van der Waals surface area contributed by atoms with E-state index in [2.05, 4.69) is 10.6 Å². The standard InChI is InChI=1S/C16H23N3O2/c1-2-10-18-14(20)12-6-5-7-13(11-12)19-15(21)16(17)8-3-4-9-16/h5-7,11H,2-4,8-10,17H2,1H3,(H,18,20)(H,19,21). The van der Waals surface area contributed by atoms with Crippen LogP contribution in [0, 0.1) is 0 Å². The molecule has 0 unspecified atom stereocenters. The lowest BCUT2D eigenvalue weighted by molar-refractivity contribution is -0.121. The maximum absolute atomic E-state index is 12.3. The Kier molecular flexibility index (Phi) is 4.96. The molecule has 0 saturated heterocycles. The SMILES string of the molecule is CCCNC(=O)c1cccc(NC(=O)C2(N)CCCC2)c1. The van der Waals surface area contributed by atoms with Crippen LogP contribution in [0.3, 0.4) is 0 Å². The molecular weight excluding hydrogens is 266 g/mol. The van der Waals surface area contributed by atoms with E-state index in [-0.39, 0.29) is 11.8 Å². The number of carbonyl (C=O) groups is 2. The number of amides is 2. The lowest BCUT2D eigenvalue weighted by Gasteiger charge is -2.22. The molecule has 0 aliphatic heterocycles. The lowest BCUT2D eigenvalue weighted by atomic mass is 9.98. The molecule has 0 radical (unpaired) electrons. The van der Waals surface area contributed by atoms with Gasteiger partial charge >= 0.3 is 0 Å². The summed E-state index contributed by atoms with van der Waals surface area (Å²) in [5, 5.41) is 5.65. The van der Waals surface area contributed by atoms with Gasteiger partial charge in [0.1, 0.15) is 0 Å². The second kappa shape index (κ2) is 6.72. The Morgan fingerprint density at radius 3 is 2.67 bits per heavy atom. The van der Waals surface area contributed by atoms with Gasteiger partial charge in [0, 0.05) is 17.8 Å². The summed E-state index contributed by atoms with van der Waals surface area (Å²) in [5.41, 5.74) is 6.51. The van der Waals surface area contributed by atoms with Crippen molar-refractivity contribution < 1.29 is 9.59 Å². The maximum atomic E-state index is 12.3. The van der Waals surface area contributed by atoms with Gasteiger partial charge in [-0.3, -0.25) is 9.59 Å². The van der Waals surface area contributed by atoms with Crippen LogP contribution < -0.4 is 16.4 Å². The summed E-state index contributed by atoms with van der Waals surface area (Å²) in [6, 6.07) is 6.94. The van der Waals surface area contributed by atoms with Crippen molar-refractivity contribution in [2.45, 2.75) is 44.6 Å². The fourth-order valence-corrected chi connectivity index (χ4v) is 2.57. The normalized spacial score (nSPS) is 16.5. The van der Waals surface area contributed by atoms with E-state index in [1.165, 1.54) is 0 Å². The zero-order valence-corrected chi connectivity index (χ0v) is 12.4. The van der Waals surface area contributed by atoms with E-state index < -0.39 is 5.54 Å². The van der Waals surface area contributed by atoms with Gasteiger partial charge in [0.15, 0.2) is 0 Å². The van der Waals surface area contributed by atoms with Gasteiger partial charge in [-0.15, -0.1) is 0 Å². The van der Waals surface area contributed by atoms with Crippen LogP contribution in [-0.2, 0) is 4.79 Å². The van der Waals surface area contributed by atoms with E-state index in [1.54, 1.807) is 24.3 Å². The van der Waals surface area contributed by atoms with Crippen molar-refractivity contribution >= 4 is 17.5 Å². The highest BCUT2D eigenvalue weighted by Crippen LogP contribution is 2.28. The van der Waals surface area contributed by atoms with Crippen LogP contribution in [-0.4, -0.2) is 23.9 Å². The van der Waals surface area contributed by atoms with Gasteiger partial charge in [-0.05, 0) is 37.5 Å². The third-order valence-electron chi connectivity index (χ3n) is 3.87. The average molecular weight is 289 g/mol. The van der Waals surface area contributed by atoms with Gasteiger partial charge in [0.25, 0.3) is 5.91 Å². The number of nitrogens with one attached hydrogen (secondary N) is 2. The molecule has 1 aromatic carbocycles. The zero-order valence-electron chi connectivity index (χ0n) is 12.4. The van der Waals surface area contributed by atoms with Crippen molar-refractivity contribution in [2.75, 3.05) is 11.9 Å². The van der Waals surface area contributed by atoms with Crippen molar-refractivity contribution in [3.8, 4) is 0 Å². The Morgan fingerprint density at radius 1 is 1.29 bits per heavy atom. The summed E-state index contributed by atoms with van der Waals surface area (Å²) >= 11 is 0. The van der Waals surface area contributed by atoms with Crippen LogP contribution >= 0.6 is 0 Å². The first-order valence-electron chi connectivity index (χ1n) is 7.54. The van der Waals surface area contributed by atoms with Crippen LogP contribution in [0.25, 0.3) is 0 Å². The average Bonchev–Trinajstić information content (AvgIpc) is 2.93. The predicted octanol–water partition coefficient (Wildman–Crippen LogP) is 2.04. The van der Waals surface area contributed by atoms with Crippen LogP contribution in [0.4, 0.5) is 5.69 Å². The smallest absolute Gasteiger partial charge is 0.251 e. The fourth-order valence-electron chi connectivity index (χ4n) is 2.57. The molecule has 1 aliphatic carbocycles. The minimum Gasteiger partial charge on any atom is -0.352 e. The summed E-state index contributed by atoms with van der Waals surface area (Å²) in [5.74, 6) is -0.289. The largest absolute Gasteiger partial charge is 0.352 e. The quantitative estimate of drug-likeness (QED) is 0.775. The van der Waals surface area contributed by atoms with Gasteiger partial charge in [0.05, 0.1) is 5.54 Å². The highest BCUT2D eigenvalue weighted by atomic mass is 16.2. The van der Waals surface area contributed by atoms with Gasteiger partial charge in [-0.25, -0.2) is 0 Å². The van der Waals surface area contributed by atoms with Crippen LogP contribution in [0.2, 0.25) is 0 Å². The molecule has 114 valence electrons. The number of benzene rings is 1. The van der Waals surface area contributed by atoms with Crippen molar-refractivity contribution in [3.63, 3.8) is 0 Å². The topological polar surface area (TPSA) is 84.2 Å². The monoisotopic (exact) mass is 289 g/mol. The molecule has 0 bridgehead atoms. The highest BCUT2D eigenvalue weighted by molar-refractivity contribution is 6.00. The number of carbonyl (C=O) groups excluding carboxylic acids is 2. The van der Waals surface area contributed by atoms with Crippen molar-refractivity contribution in [1.82, 2.24) is 5.32 Å². The molecule has 1 fully saturated rings. The summed E-state index contributed by atoms with van der Waals surface area (Å²) in [6.07, 6.45) is 4.30. The number of hydrogen-bond acceptors (Lipinski definition) is 3. The molecule has 1 aromatic rings. The minimum absolute atomic E-state index is 0.128. The molecular formula is C16H23N3O2. The number of rotatable bonds is 5. The van der Waals surface area contributed by atoms with E-state index in [4.69, 9.17) is 5.73 Å². The maximum Gasteiger partial charge on any atom is 0.251 e. The lowest BCUT2D eigenvalue weighted by Crippen LogP contribution is -2.48. The first-order chi connectivity index (χ1) is 10.0. The van der Waals surface area contributed by atoms with Crippen molar-refractivity contribution in [3.05, 3.63) is 29.8 Å². The Labute approximate surface area is 125 Å². The predicted molar refractivity (Wildman–Crippen MR) is 83.1 cm³/mol. The zero-order chi connectivity index (χ0) is 15.3. The number of hydrogen-bond donors (Lipinski definition) is 3. The molecule has 1 saturated carbocycles. The summed E-state index contributed by atoms with van der Waals surface area (Å²) in [4.78, 5) is 24.2. The second-order valence-corrected chi connectivity index (χ2v) is 5.65. The minimum atomic E-state index is -0.763. The Balaban J connectivity index is 2.04. The van der Waals surface area contributed by atoms with E-state index in [0.29, 0.717) is 17.8 Å². The first kappa shape index (κ1) is 15.5. The van der Waals surface area contributed by atoms with Gasteiger partial charge in [-0.1, -0.05) is 25.8 Å². The molecule has 0 aromatic heterocycles. The molecule has 2 amide bonds. The summed E-state index contributed by atoms with van der Waals surface area (Å²) in [7, 11) is 0. The van der Waals surface area contributed by atoms with Gasteiger partial charge in [-0.2, -0.15) is 0 Å². The number of anilines is 1. The molecule has 21 heavy (non-hydrogen) atoms. The Bertz CT molecular complexity index is 522. The van der Waals surface area contributed by atoms with Crippen LogP contribution in [0.15, 0.2) is 24.3 Å². The molecule has 1 aliphatic rings. The van der Waals surface area contributed by atoms with Crippen molar-refractivity contribution in [1.29, 1.82) is 0 Å².